The van der Waals surface area contributed by atoms with Gasteiger partial charge in [0.25, 0.3) is 0 Å². The van der Waals surface area contributed by atoms with Crippen molar-refractivity contribution >= 4 is 11.9 Å². The molecule has 4 heteroatoms. The van der Waals surface area contributed by atoms with Crippen LogP contribution in [0.15, 0.2) is 48.6 Å². The number of carbonyl (C=O) groups is 2. The van der Waals surface area contributed by atoms with Gasteiger partial charge < -0.3 is 10.2 Å². The summed E-state index contributed by atoms with van der Waals surface area (Å²) in [5, 5.41) is 17.3. The summed E-state index contributed by atoms with van der Waals surface area (Å²) in [5.41, 5.74) is 3.05. The SMILES string of the molecule is O=C(O)CCCCCCC/C=C\CCCCCCCCCc1cccc(CCCCCCCCC/C=C\CCCCCCCC(=O)O)c1. The zero-order valence-electron chi connectivity index (χ0n) is 31.0. The highest BCUT2D eigenvalue weighted by molar-refractivity contribution is 5.66. The van der Waals surface area contributed by atoms with Gasteiger partial charge in [-0.3, -0.25) is 9.59 Å². The Morgan fingerprint density at radius 1 is 0.396 bits per heavy atom. The van der Waals surface area contributed by atoms with Crippen LogP contribution in [0.1, 0.15) is 204 Å². The van der Waals surface area contributed by atoms with Crippen LogP contribution in [0.4, 0.5) is 0 Å². The fourth-order valence-corrected chi connectivity index (χ4v) is 6.50. The van der Waals surface area contributed by atoms with E-state index < -0.39 is 11.9 Å². The Morgan fingerprint density at radius 3 is 0.979 bits per heavy atom. The summed E-state index contributed by atoms with van der Waals surface area (Å²) in [6, 6.07) is 9.38. The lowest BCUT2D eigenvalue weighted by molar-refractivity contribution is -0.138. The van der Waals surface area contributed by atoms with Crippen molar-refractivity contribution in [2.45, 2.75) is 205 Å². The highest BCUT2D eigenvalue weighted by atomic mass is 16.4. The van der Waals surface area contributed by atoms with Crippen molar-refractivity contribution in [2.75, 3.05) is 0 Å². The van der Waals surface area contributed by atoms with E-state index in [-0.39, 0.29) is 0 Å². The van der Waals surface area contributed by atoms with Gasteiger partial charge in [-0.15, -0.1) is 0 Å². The molecule has 1 aromatic rings. The van der Waals surface area contributed by atoms with Gasteiger partial charge in [-0.2, -0.15) is 0 Å². The average molecular weight is 667 g/mol. The summed E-state index contributed by atoms with van der Waals surface area (Å²) in [7, 11) is 0. The van der Waals surface area contributed by atoms with Crippen molar-refractivity contribution in [3.8, 4) is 0 Å². The zero-order valence-corrected chi connectivity index (χ0v) is 31.0. The number of rotatable bonds is 36. The van der Waals surface area contributed by atoms with Crippen LogP contribution in [-0.4, -0.2) is 22.2 Å². The number of unbranched alkanes of at least 4 members (excludes halogenated alkanes) is 24. The maximum atomic E-state index is 10.5. The van der Waals surface area contributed by atoms with Crippen LogP contribution < -0.4 is 0 Å². The molecule has 1 rings (SSSR count). The summed E-state index contributed by atoms with van der Waals surface area (Å²) >= 11 is 0. The molecular weight excluding hydrogens is 592 g/mol. The van der Waals surface area contributed by atoms with E-state index in [9.17, 15) is 9.59 Å². The van der Waals surface area contributed by atoms with Gasteiger partial charge in [-0.05, 0) is 101 Å². The monoisotopic (exact) mass is 667 g/mol. The standard InChI is InChI=1S/C44H74O4/c45-43(46)38-31-27-23-19-15-11-7-3-1-5-9-13-17-21-25-29-34-41-36-33-37-42(40-41)35-30-26-22-18-14-10-6-2-4-8-12-16-20-24-28-32-39-44(47)48/h3-4,7-8,33,36-37,40H,1-2,5-6,9-32,34-35,38-39H2,(H,45,46)(H,47,48)/b7-3-,8-4-. The quantitative estimate of drug-likeness (QED) is 0.0552. The van der Waals surface area contributed by atoms with E-state index >= 15 is 0 Å². The Labute approximate surface area is 296 Å². The van der Waals surface area contributed by atoms with Gasteiger partial charge in [-0.1, -0.05) is 151 Å². The first kappa shape index (κ1) is 43.7. The van der Waals surface area contributed by atoms with Crippen molar-refractivity contribution in [1.82, 2.24) is 0 Å². The predicted octanol–water partition coefficient (Wildman–Crippen LogP) is 13.8. The van der Waals surface area contributed by atoms with E-state index in [0.717, 1.165) is 25.7 Å². The first-order valence-corrected chi connectivity index (χ1v) is 20.4. The van der Waals surface area contributed by atoms with Crippen molar-refractivity contribution in [3.63, 3.8) is 0 Å². The van der Waals surface area contributed by atoms with E-state index in [2.05, 4.69) is 48.6 Å². The third kappa shape index (κ3) is 32.2. The molecule has 0 bridgehead atoms. The molecule has 0 aliphatic heterocycles. The second-order valence-corrected chi connectivity index (χ2v) is 14.2. The molecule has 274 valence electrons. The van der Waals surface area contributed by atoms with Crippen molar-refractivity contribution in [2.24, 2.45) is 0 Å². The van der Waals surface area contributed by atoms with E-state index in [4.69, 9.17) is 10.2 Å². The Hall–Kier alpha value is -2.36. The van der Waals surface area contributed by atoms with Gasteiger partial charge >= 0.3 is 11.9 Å². The summed E-state index contributed by atoms with van der Waals surface area (Å²) in [6.07, 6.45) is 47.3. The molecule has 0 fully saturated rings. The molecule has 1 aromatic carbocycles. The van der Waals surface area contributed by atoms with Crippen LogP contribution in [-0.2, 0) is 22.4 Å². The maximum Gasteiger partial charge on any atom is 0.303 e. The van der Waals surface area contributed by atoms with Crippen molar-refractivity contribution < 1.29 is 19.8 Å². The zero-order chi connectivity index (χ0) is 34.6. The summed E-state index contributed by atoms with van der Waals surface area (Å²) < 4.78 is 0. The minimum Gasteiger partial charge on any atom is -0.481 e. The Bertz CT molecular complexity index is 862. The largest absolute Gasteiger partial charge is 0.481 e. The van der Waals surface area contributed by atoms with Crippen LogP contribution >= 0.6 is 0 Å². The molecule has 4 nitrogen and oxygen atoms in total. The number of hydrogen-bond acceptors (Lipinski definition) is 2. The summed E-state index contributed by atoms with van der Waals surface area (Å²) in [4.78, 5) is 21.0. The number of benzene rings is 1. The normalized spacial score (nSPS) is 11.7. The lowest BCUT2D eigenvalue weighted by atomic mass is 10.00. The number of aryl methyl sites for hydroxylation is 2. The Kier molecular flexibility index (Phi) is 31.4. The number of allylic oxidation sites excluding steroid dienone is 4. The molecule has 2 N–H and O–H groups in total. The smallest absolute Gasteiger partial charge is 0.303 e. The molecule has 0 saturated carbocycles. The van der Waals surface area contributed by atoms with Crippen molar-refractivity contribution in [1.29, 1.82) is 0 Å². The number of carboxylic acids is 2. The lowest BCUT2D eigenvalue weighted by Crippen LogP contribution is -1.93. The summed E-state index contributed by atoms with van der Waals surface area (Å²) in [5.74, 6) is -1.34. The minimum absolute atomic E-state index is 0.321. The van der Waals surface area contributed by atoms with Gasteiger partial charge in [0.1, 0.15) is 0 Å². The minimum atomic E-state index is -0.668. The molecular formula is C44H74O4. The maximum absolute atomic E-state index is 10.5. The van der Waals surface area contributed by atoms with Crippen LogP contribution in [0.25, 0.3) is 0 Å². The Morgan fingerprint density at radius 2 is 0.667 bits per heavy atom. The van der Waals surface area contributed by atoms with Crippen LogP contribution in [0.5, 0.6) is 0 Å². The predicted molar refractivity (Wildman–Crippen MR) is 206 cm³/mol. The molecule has 0 aliphatic carbocycles. The third-order valence-corrected chi connectivity index (χ3v) is 9.52. The average Bonchev–Trinajstić information content (AvgIpc) is 3.07. The first-order valence-electron chi connectivity index (χ1n) is 20.4. The van der Waals surface area contributed by atoms with Crippen LogP contribution in [0, 0.1) is 0 Å². The van der Waals surface area contributed by atoms with Crippen molar-refractivity contribution in [3.05, 3.63) is 59.7 Å². The summed E-state index contributed by atoms with van der Waals surface area (Å²) in [6.45, 7) is 0. The van der Waals surface area contributed by atoms with Crippen LogP contribution in [0.2, 0.25) is 0 Å². The van der Waals surface area contributed by atoms with Crippen LogP contribution in [0.3, 0.4) is 0 Å². The number of aliphatic carboxylic acids is 2. The highest BCUT2D eigenvalue weighted by Crippen LogP contribution is 2.16. The van der Waals surface area contributed by atoms with E-state index in [0.29, 0.717) is 12.8 Å². The van der Waals surface area contributed by atoms with Gasteiger partial charge in [0.05, 0.1) is 0 Å². The molecule has 0 atom stereocenters. The second kappa shape index (κ2) is 34.5. The van der Waals surface area contributed by atoms with Gasteiger partial charge in [-0.25, -0.2) is 0 Å². The van der Waals surface area contributed by atoms with Gasteiger partial charge in [0.2, 0.25) is 0 Å². The first-order chi connectivity index (χ1) is 23.6. The number of hydrogen-bond donors (Lipinski definition) is 2. The van der Waals surface area contributed by atoms with Gasteiger partial charge in [0.15, 0.2) is 0 Å². The third-order valence-electron chi connectivity index (χ3n) is 9.52. The second-order valence-electron chi connectivity index (χ2n) is 14.2. The molecule has 0 amide bonds. The van der Waals surface area contributed by atoms with Gasteiger partial charge in [0, 0.05) is 12.8 Å². The molecule has 0 radical (unpaired) electrons. The molecule has 0 unspecified atom stereocenters. The molecule has 0 aliphatic rings. The fourth-order valence-electron chi connectivity index (χ4n) is 6.50. The molecule has 0 spiro atoms. The lowest BCUT2D eigenvalue weighted by Gasteiger charge is -2.06. The highest BCUT2D eigenvalue weighted by Gasteiger charge is 2.00. The molecule has 48 heavy (non-hydrogen) atoms. The van der Waals surface area contributed by atoms with E-state index in [1.165, 1.54) is 178 Å². The molecule has 0 heterocycles. The van der Waals surface area contributed by atoms with E-state index in [1.54, 1.807) is 0 Å². The number of carboxylic acid groups (broad SMARTS) is 2. The van der Waals surface area contributed by atoms with E-state index in [1.807, 2.05) is 0 Å². The fraction of sp³-hybridized carbons (Fsp3) is 0.727. The topological polar surface area (TPSA) is 74.6 Å². The molecule has 0 aromatic heterocycles. The Balaban J connectivity index is 1.86. The molecule has 0 saturated heterocycles.